The second-order valence-electron chi connectivity index (χ2n) is 5.91. The lowest BCUT2D eigenvalue weighted by Gasteiger charge is -2.15. The smallest absolute Gasteiger partial charge is 0.326 e. The van der Waals surface area contributed by atoms with Gasteiger partial charge in [0.1, 0.15) is 6.04 Å². The van der Waals surface area contributed by atoms with Crippen molar-refractivity contribution in [2.75, 3.05) is 0 Å². The minimum atomic E-state index is -1.09. The molecule has 0 spiro atoms. The Bertz CT molecular complexity index is 938. The van der Waals surface area contributed by atoms with Gasteiger partial charge in [0, 0.05) is 35.1 Å². The highest BCUT2D eigenvalue weighted by Gasteiger charge is 2.21. The van der Waals surface area contributed by atoms with Crippen molar-refractivity contribution in [3.8, 4) is 0 Å². The number of carboxylic acids is 1. The number of nitrogens with one attached hydrogen (secondary N) is 3. The molecule has 0 radical (unpaired) electrons. The Kier molecular flexibility index (Phi) is 5.43. The molecule has 0 saturated heterocycles. The summed E-state index contributed by atoms with van der Waals surface area (Å²) in [5.74, 6) is -1.09. The van der Waals surface area contributed by atoms with Crippen molar-refractivity contribution in [2.45, 2.75) is 19.0 Å². The summed E-state index contributed by atoms with van der Waals surface area (Å²) in [6.07, 6.45) is 1.95. The van der Waals surface area contributed by atoms with E-state index in [0.29, 0.717) is 5.02 Å². The van der Waals surface area contributed by atoms with Crippen molar-refractivity contribution in [3.63, 3.8) is 0 Å². The summed E-state index contributed by atoms with van der Waals surface area (Å²) in [7, 11) is 0. The monoisotopic (exact) mass is 371 g/mol. The van der Waals surface area contributed by atoms with Gasteiger partial charge in [-0.2, -0.15) is 0 Å². The van der Waals surface area contributed by atoms with Gasteiger partial charge in [0.15, 0.2) is 0 Å². The lowest BCUT2D eigenvalue weighted by molar-refractivity contribution is -0.139. The number of benzene rings is 2. The average Bonchev–Trinajstić information content (AvgIpc) is 3.02. The van der Waals surface area contributed by atoms with Gasteiger partial charge in [-0.1, -0.05) is 41.9 Å². The van der Waals surface area contributed by atoms with Gasteiger partial charge in [-0.3, -0.25) is 0 Å². The first-order chi connectivity index (χ1) is 12.5. The van der Waals surface area contributed by atoms with Crippen molar-refractivity contribution in [1.82, 2.24) is 15.6 Å². The maximum Gasteiger partial charge on any atom is 0.326 e. The molecule has 0 aliphatic rings. The van der Waals surface area contributed by atoms with Crippen LogP contribution in [0.2, 0.25) is 5.02 Å². The zero-order valence-electron chi connectivity index (χ0n) is 13.8. The molecule has 0 fully saturated rings. The van der Waals surface area contributed by atoms with E-state index in [9.17, 15) is 14.7 Å². The number of carbonyl (C=O) groups excluding carboxylic acids is 1. The molecular weight excluding hydrogens is 354 g/mol. The van der Waals surface area contributed by atoms with E-state index in [4.69, 9.17) is 11.6 Å². The number of hydrogen-bond acceptors (Lipinski definition) is 2. The summed E-state index contributed by atoms with van der Waals surface area (Å²) < 4.78 is 0. The van der Waals surface area contributed by atoms with Gasteiger partial charge >= 0.3 is 12.0 Å². The van der Waals surface area contributed by atoms with Crippen LogP contribution in [-0.4, -0.2) is 28.1 Å². The lowest BCUT2D eigenvalue weighted by atomic mass is 10.1. The number of aromatic amines is 1. The van der Waals surface area contributed by atoms with Crippen LogP contribution >= 0.6 is 11.6 Å². The quantitative estimate of drug-likeness (QED) is 0.535. The second-order valence-corrected chi connectivity index (χ2v) is 6.35. The summed E-state index contributed by atoms with van der Waals surface area (Å²) in [5, 5.41) is 16.1. The van der Waals surface area contributed by atoms with E-state index in [1.807, 2.05) is 30.3 Å². The fourth-order valence-electron chi connectivity index (χ4n) is 2.76. The Morgan fingerprint density at radius 3 is 2.73 bits per heavy atom. The molecule has 26 heavy (non-hydrogen) atoms. The number of carboxylic acid groups (broad SMARTS) is 1. The Morgan fingerprint density at radius 2 is 1.96 bits per heavy atom. The molecule has 3 rings (SSSR count). The van der Waals surface area contributed by atoms with Crippen molar-refractivity contribution in [2.24, 2.45) is 0 Å². The topological polar surface area (TPSA) is 94.2 Å². The number of rotatable bonds is 6. The number of para-hydroxylation sites is 1. The van der Waals surface area contributed by atoms with E-state index < -0.39 is 18.0 Å². The van der Waals surface area contributed by atoms with Gasteiger partial charge in [-0.25, -0.2) is 9.59 Å². The van der Waals surface area contributed by atoms with Crippen molar-refractivity contribution in [1.29, 1.82) is 0 Å². The number of carbonyl (C=O) groups is 2. The number of hydrogen-bond donors (Lipinski definition) is 4. The van der Waals surface area contributed by atoms with Crippen molar-refractivity contribution < 1.29 is 14.7 Å². The first kappa shape index (κ1) is 17.8. The Hall–Kier alpha value is -2.99. The van der Waals surface area contributed by atoms with E-state index in [0.717, 1.165) is 22.0 Å². The Labute approximate surface area is 155 Å². The second kappa shape index (κ2) is 7.93. The average molecular weight is 372 g/mol. The zero-order valence-corrected chi connectivity index (χ0v) is 14.6. The lowest BCUT2D eigenvalue weighted by Crippen LogP contribution is -2.46. The molecule has 4 N–H and O–H groups in total. The van der Waals surface area contributed by atoms with Crippen LogP contribution in [0, 0.1) is 0 Å². The van der Waals surface area contributed by atoms with Crippen LogP contribution in [0.1, 0.15) is 11.1 Å². The molecule has 7 heteroatoms. The molecule has 0 aliphatic heterocycles. The number of amides is 2. The third kappa shape index (κ3) is 4.34. The van der Waals surface area contributed by atoms with Crippen molar-refractivity contribution >= 4 is 34.5 Å². The predicted octanol–water partition coefficient (Wildman–Crippen LogP) is 3.32. The maximum absolute atomic E-state index is 12.1. The van der Waals surface area contributed by atoms with E-state index >= 15 is 0 Å². The summed E-state index contributed by atoms with van der Waals surface area (Å²) in [5.41, 5.74) is 2.59. The third-order valence-electron chi connectivity index (χ3n) is 4.04. The van der Waals surface area contributed by atoms with Crippen LogP contribution in [0.4, 0.5) is 4.79 Å². The maximum atomic E-state index is 12.1. The van der Waals surface area contributed by atoms with Gasteiger partial charge in [-0.15, -0.1) is 0 Å². The molecule has 0 aliphatic carbocycles. The molecule has 134 valence electrons. The predicted molar refractivity (Wildman–Crippen MR) is 100 cm³/mol. The Balaban J connectivity index is 1.63. The minimum Gasteiger partial charge on any atom is -0.480 e. The number of H-pyrrole nitrogens is 1. The molecule has 0 saturated carbocycles. The summed E-state index contributed by atoms with van der Waals surface area (Å²) >= 11 is 5.90. The largest absolute Gasteiger partial charge is 0.480 e. The van der Waals surface area contributed by atoms with Crippen molar-refractivity contribution in [3.05, 3.63) is 70.9 Å². The zero-order chi connectivity index (χ0) is 18.5. The fourth-order valence-corrected chi connectivity index (χ4v) is 2.97. The van der Waals surface area contributed by atoms with E-state index in [2.05, 4.69) is 15.6 Å². The van der Waals surface area contributed by atoms with Gasteiger partial charge in [-0.05, 0) is 29.3 Å². The first-order valence-electron chi connectivity index (χ1n) is 8.09. The molecule has 6 nitrogen and oxygen atoms in total. The van der Waals surface area contributed by atoms with Crippen LogP contribution in [0.3, 0.4) is 0 Å². The number of halogens is 1. The third-order valence-corrected chi connectivity index (χ3v) is 4.28. The van der Waals surface area contributed by atoms with Crippen LogP contribution < -0.4 is 10.6 Å². The number of aromatic nitrogens is 1. The van der Waals surface area contributed by atoms with Crippen LogP contribution in [0.25, 0.3) is 10.9 Å². The minimum absolute atomic E-state index is 0.184. The van der Waals surface area contributed by atoms with Gasteiger partial charge < -0.3 is 20.7 Å². The van der Waals surface area contributed by atoms with Crippen LogP contribution in [-0.2, 0) is 17.8 Å². The van der Waals surface area contributed by atoms with E-state index in [1.165, 1.54) is 0 Å². The Morgan fingerprint density at radius 1 is 1.15 bits per heavy atom. The molecular formula is C19H18ClN3O3. The summed E-state index contributed by atoms with van der Waals surface area (Å²) in [6.45, 7) is 0.256. The molecule has 3 aromatic rings. The summed E-state index contributed by atoms with van der Waals surface area (Å²) in [6, 6.07) is 13.1. The summed E-state index contributed by atoms with van der Waals surface area (Å²) in [4.78, 5) is 26.7. The normalized spacial score (nSPS) is 11.9. The molecule has 2 amide bonds. The molecule has 0 bridgehead atoms. The molecule has 1 atom stereocenters. The molecule has 1 aromatic heterocycles. The number of fused-ring (bicyclic) bond motifs is 1. The molecule has 1 unspecified atom stereocenters. The first-order valence-corrected chi connectivity index (χ1v) is 8.47. The number of urea groups is 1. The van der Waals surface area contributed by atoms with E-state index in [1.54, 1.807) is 24.4 Å². The standard InChI is InChI=1S/C19H18ClN3O3/c20-14-5-3-4-12(8-14)10-22-19(26)23-17(18(24)25)9-13-11-21-16-7-2-1-6-15(13)16/h1-8,11,17,21H,9-10H2,(H,24,25)(H2,22,23,26). The highest BCUT2D eigenvalue weighted by atomic mass is 35.5. The van der Waals surface area contributed by atoms with E-state index in [-0.39, 0.29) is 13.0 Å². The van der Waals surface area contributed by atoms with Gasteiger partial charge in [0.05, 0.1) is 0 Å². The molecule has 1 heterocycles. The van der Waals surface area contributed by atoms with Gasteiger partial charge in [0.25, 0.3) is 0 Å². The number of aliphatic carboxylic acids is 1. The fraction of sp³-hybridized carbons (Fsp3) is 0.158. The SMILES string of the molecule is O=C(NCc1cccc(Cl)c1)NC(Cc1c[nH]c2ccccc12)C(=O)O. The van der Waals surface area contributed by atoms with Crippen LogP contribution in [0.15, 0.2) is 54.7 Å². The van der Waals surface area contributed by atoms with Crippen LogP contribution in [0.5, 0.6) is 0 Å². The molecule has 2 aromatic carbocycles. The van der Waals surface area contributed by atoms with Gasteiger partial charge in [0.2, 0.25) is 0 Å². The highest BCUT2D eigenvalue weighted by Crippen LogP contribution is 2.19. The highest BCUT2D eigenvalue weighted by molar-refractivity contribution is 6.30.